The van der Waals surface area contributed by atoms with Gasteiger partial charge in [0.05, 0.1) is 12.5 Å². The number of hydrogen-bond donors (Lipinski definition) is 2. The third-order valence-corrected chi connectivity index (χ3v) is 3.45. The van der Waals surface area contributed by atoms with Gasteiger partial charge in [-0.25, -0.2) is 0 Å². The summed E-state index contributed by atoms with van der Waals surface area (Å²) in [5.41, 5.74) is 0. The zero-order chi connectivity index (χ0) is 11.7. The van der Waals surface area contributed by atoms with E-state index in [1.54, 1.807) is 0 Å². The average molecular weight is 224 g/mol. The molecule has 0 heterocycles. The Kier molecular flexibility index (Phi) is 2.96. The van der Waals surface area contributed by atoms with Crippen molar-refractivity contribution in [1.29, 1.82) is 0 Å². The Morgan fingerprint density at radius 2 is 1.94 bits per heavy atom. The van der Waals surface area contributed by atoms with E-state index in [4.69, 9.17) is 5.11 Å². The minimum absolute atomic E-state index is 0.00610. The number of nitrogens with one attached hydrogen (secondary N) is 1. The highest BCUT2D eigenvalue weighted by molar-refractivity contribution is 5.86. The molecule has 0 unspecified atom stereocenters. The van der Waals surface area contributed by atoms with Gasteiger partial charge in [-0.15, -0.1) is 0 Å². The van der Waals surface area contributed by atoms with Crippen LogP contribution in [0, 0.1) is 23.7 Å². The molecule has 2 bridgehead atoms. The van der Waals surface area contributed by atoms with Crippen molar-refractivity contribution in [1.82, 2.24) is 5.32 Å². The first-order chi connectivity index (χ1) is 7.65. The van der Waals surface area contributed by atoms with Crippen LogP contribution >= 0.6 is 0 Å². The molecule has 2 N–H and O–H groups in total. The molecule has 0 saturated heterocycles. The first kappa shape index (κ1) is 11.1. The monoisotopic (exact) mass is 224 g/mol. The number of hydrogen-bond acceptors (Lipinski definition) is 4. The Bertz CT molecular complexity index is 339. The first-order valence-corrected chi connectivity index (χ1v) is 5.43. The van der Waals surface area contributed by atoms with Gasteiger partial charge in [0.1, 0.15) is 0 Å². The molecular formula is C11H14NO4-. The molecule has 2 aliphatic rings. The quantitative estimate of drug-likeness (QED) is 0.556. The van der Waals surface area contributed by atoms with Crippen LogP contribution in [-0.2, 0) is 9.59 Å². The molecule has 0 aromatic carbocycles. The third-order valence-electron chi connectivity index (χ3n) is 3.45. The molecular weight excluding hydrogens is 210 g/mol. The van der Waals surface area contributed by atoms with Gasteiger partial charge in [0.2, 0.25) is 5.91 Å². The molecule has 5 nitrogen and oxygen atoms in total. The number of carbonyl (C=O) groups is 2. The molecule has 2 rings (SSSR count). The molecule has 0 radical (unpaired) electrons. The molecule has 1 amide bonds. The van der Waals surface area contributed by atoms with Gasteiger partial charge in [-0.3, -0.25) is 4.79 Å². The number of rotatable bonds is 4. The van der Waals surface area contributed by atoms with E-state index in [1.807, 2.05) is 12.2 Å². The van der Waals surface area contributed by atoms with Crippen LogP contribution in [0.15, 0.2) is 12.2 Å². The van der Waals surface area contributed by atoms with E-state index in [-0.39, 0.29) is 30.9 Å². The van der Waals surface area contributed by atoms with Crippen LogP contribution in [0.25, 0.3) is 0 Å². The van der Waals surface area contributed by atoms with Crippen LogP contribution in [0.4, 0.5) is 0 Å². The Labute approximate surface area is 93.1 Å². The fourth-order valence-corrected chi connectivity index (χ4v) is 2.80. The summed E-state index contributed by atoms with van der Waals surface area (Å²) in [6, 6.07) is 0. The van der Waals surface area contributed by atoms with Crippen LogP contribution < -0.4 is 10.4 Å². The van der Waals surface area contributed by atoms with Crippen LogP contribution in [0.2, 0.25) is 0 Å². The molecule has 1 saturated carbocycles. The highest BCUT2D eigenvalue weighted by atomic mass is 16.4. The summed E-state index contributed by atoms with van der Waals surface area (Å²) in [5, 5.41) is 22.1. The summed E-state index contributed by atoms with van der Waals surface area (Å²) in [4.78, 5) is 22.8. The van der Waals surface area contributed by atoms with E-state index in [1.165, 1.54) is 0 Å². The second-order valence-electron chi connectivity index (χ2n) is 4.33. The Morgan fingerprint density at radius 1 is 1.31 bits per heavy atom. The third kappa shape index (κ3) is 1.71. The Balaban J connectivity index is 2.10. The van der Waals surface area contributed by atoms with Crippen molar-refractivity contribution in [2.24, 2.45) is 23.7 Å². The fourth-order valence-electron chi connectivity index (χ4n) is 2.80. The second-order valence-corrected chi connectivity index (χ2v) is 4.33. The lowest BCUT2D eigenvalue weighted by Crippen LogP contribution is -2.45. The van der Waals surface area contributed by atoms with E-state index in [9.17, 15) is 14.7 Å². The van der Waals surface area contributed by atoms with Gasteiger partial charge in [0.15, 0.2) is 0 Å². The number of carbonyl (C=O) groups excluding carboxylic acids is 2. The lowest BCUT2D eigenvalue weighted by atomic mass is 9.82. The van der Waals surface area contributed by atoms with Crippen LogP contribution in [-0.4, -0.2) is 30.1 Å². The van der Waals surface area contributed by atoms with Crippen LogP contribution in [0.1, 0.15) is 6.42 Å². The SMILES string of the molecule is O=C([O-])[C@H]1[C@H](C(=O)NCCO)[C@@H]2C=C[C@@H]1C2. The normalized spacial score (nSPS) is 35.3. The Morgan fingerprint density at radius 3 is 2.50 bits per heavy atom. The molecule has 0 aromatic heterocycles. The maximum atomic E-state index is 11.8. The van der Waals surface area contributed by atoms with Crippen molar-refractivity contribution in [3.05, 3.63) is 12.2 Å². The Hall–Kier alpha value is -1.36. The van der Waals surface area contributed by atoms with E-state index < -0.39 is 17.8 Å². The van der Waals surface area contributed by atoms with E-state index in [0.717, 1.165) is 6.42 Å². The first-order valence-electron chi connectivity index (χ1n) is 5.43. The van der Waals surface area contributed by atoms with Crippen molar-refractivity contribution in [2.75, 3.05) is 13.2 Å². The van der Waals surface area contributed by atoms with Gasteiger partial charge in [0, 0.05) is 18.4 Å². The van der Waals surface area contributed by atoms with E-state index >= 15 is 0 Å². The molecule has 1 fully saturated rings. The number of allylic oxidation sites excluding steroid dienone is 2. The predicted molar refractivity (Wildman–Crippen MR) is 52.8 cm³/mol. The van der Waals surface area contributed by atoms with Gasteiger partial charge in [-0.2, -0.15) is 0 Å². The average Bonchev–Trinajstić information content (AvgIpc) is 2.84. The molecule has 2 aliphatic carbocycles. The number of aliphatic carboxylic acids is 1. The molecule has 0 aliphatic heterocycles. The summed E-state index contributed by atoms with van der Waals surface area (Å²) in [7, 11) is 0. The number of amides is 1. The minimum Gasteiger partial charge on any atom is -0.550 e. The largest absolute Gasteiger partial charge is 0.550 e. The van der Waals surface area contributed by atoms with Crippen molar-refractivity contribution in [3.8, 4) is 0 Å². The maximum absolute atomic E-state index is 11.8. The molecule has 88 valence electrons. The fraction of sp³-hybridized carbons (Fsp3) is 0.636. The van der Waals surface area contributed by atoms with Crippen molar-refractivity contribution < 1.29 is 19.8 Å². The summed E-state index contributed by atoms with van der Waals surface area (Å²) >= 11 is 0. The molecule has 16 heavy (non-hydrogen) atoms. The van der Waals surface area contributed by atoms with Gasteiger partial charge in [-0.05, 0) is 18.3 Å². The standard InChI is InChI=1S/C11H15NO4/c13-4-3-12-10(14)8-6-1-2-7(5-6)9(8)11(15)16/h1-2,6-9,13H,3-5H2,(H,12,14)(H,15,16)/p-1/t6-,7-,8-,9-/m1/s1. The van der Waals surface area contributed by atoms with Gasteiger partial charge in [-0.1, -0.05) is 12.2 Å². The van der Waals surface area contributed by atoms with E-state index in [0.29, 0.717) is 0 Å². The highest BCUT2D eigenvalue weighted by Gasteiger charge is 2.48. The number of aliphatic hydroxyl groups is 1. The van der Waals surface area contributed by atoms with Crippen molar-refractivity contribution in [3.63, 3.8) is 0 Å². The number of carboxylic acids is 1. The molecule has 0 spiro atoms. The number of aliphatic hydroxyl groups excluding tert-OH is 1. The maximum Gasteiger partial charge on any atom is 0.224 e. The van der Waals surface area contributed by atoms with E-state index in [2.05, 4.69) is 5.32 Å². The molecule has 4 atom stereocenters. The summed E-state index contributed by atoms with van der Waals surface area (Å²) < 4.78 is 0. The lowest BCUT2D eigenvalue weighted by Gasteiger charge is -2.27. The number of fused-ring (bicyclic) bond motifs is 2. The number of carboxylic acid groups (broad SMARTS) is 1. The van der Waals surface area contributed by atoms with Gasteiger partial charge < -0.3 is 20.3 Å². The van der Waals surface area contributed by atoms with Crippen molar-refractivity contribution >= 4 is 11.9 Å². The predicted octanol–water partition coefficient (Wildman–Crippen LogP) is -1.72. The highest BCUT2D eigenvalue weighted by Crippen LogP contribution is 2.47. The van der Waals surface area contributed by atoms with Crippen molar-refractivity contribution in [2.45, 2.75) is 6.42 Å². The second kappa shape index (κ2) is 4.25. The zero-order valence-electron chi connectivity index (χ0n) is 8.76. The van der Waals surface area contributed by atoms with Gasteiger partial charge >= 0.3 is 0 Å². The minimum atomic E-state index is -1.15. The zero-order valence-corrected chi connectivity index (χ0v) is 8.76. The van der Waals surface area contributed by atoms with Crippen LogP contribution in [0.3, 0.4) is 0 Å². The summed E-state index contributed by atoms with van der Waals surface area (Å²) in [5.74, 6) is -2.76. The van der Waals surface area contributed by atoms with Crippen LogP contribution in [0.5, 0.6) is 0 Å². The summed E-state index contributed by atoms with van der Waals surface area (Å²) in [6.45, 7) is 0.0224. The topological polar surface area (TPSA) is 89.5 Å². The molecule has 5 heteroatoms. The van der Waals surface area contributed by atoms with Gasteiger partial charge in [0.25, 0.3) is 0 Å². The smallest absolute Gasteiger partial charge is 0.224 e. The summed E-state index contributed by atoms with van der Waals surface area (Å²) in [6.07, 6.45) is 4.49. The lowest BCUT2D eigenvalue weighted by molar-refractivity contribution is -0.313. The molecule has 0 aromatic rings.